The predicted molar refractivity (Wildman–Crippen MR) is 121 cm³/mol. The maximum absolute atomic E-state index is 12.0. The summed E-state index contributed by atoms with van der Waals surface area (Å²) >= 11 is 0. The molecule has 0 aliphatic carbocycles. The van der Waals surface area contributed by atoms with Crippen LogP contribution in [0.2, 0.25) is 0 Å². The molecule has 0 aliphatic heterocycles. The van der Waals surface area contributed by atoms with E-state index in [0.29, 0.717) is 24.8 Å². The Morgan fingerprint density at radius 3 is 2.23 bits per heavy atom. The van der Waals surface area contributed by atoms with Gasteiger partial charge in [-0.2, -0.15) is 0 Å². The van der Waals surface area contributed by atoms with Crippen molar-refractivity contribution in [2.75, 3.05) is 19.8 Å². The van der Waals surface area contributed by atoms with E-state index in [1.807, 2.05) is 61.5 Å². The van der Waals surface area contributed by atoms with Crippen molar-refractivity contribution in [2.24, 2.45) is 0 Å². The molecular formula is C25H29N3O3. The van der Waals surface area contributed by atoms with Crippen molar-refractivity contribution in [1.82, 2.24) is 15.5 Å². The number of benzene rings is 2. The third kappa shape index (κ3) is 6.81. The van der Waals surface area contributed by atoms with Crippen LogP contribution in [0.25, 0.3) is 11.3 Å². The fourth-order valence-electron chi connectivity index (χ4n) is 2.87. The topological polar surface area (TPSA) is 73.3 Å². The highest BCUT2D eigenvalue weighted by Gasteiger charge is 2.13. The van der Waals surface area contributed by atoms with Gasteiger partial charge in [0, 0.05) is 11.6 Å². The summed E-state index contributed by atoms with van der Waals surface area (Å²) < 4.78 is 11.1. The average Bonchev–Trinajstić information content (AvgIpc) is 2.76. The van der Waals surface area contributed by atoms with E-state index in [2.05, 4.69) is 36.3 Å². The van der Waals surface area contributed by atoms with E-state index < -0.39 is 0 Å². The van der Waals surface area contributed by atoms with Gasteiger partial charge < -0.3 is 14.8 Å². The maximum atomic E-state index is 12.0. The summed E-state index contributed by atoms with van der Waals surface area (Å²) in [6, 6.07) is 19.5. The quantitative estimate of drug-likeness (QED) is 0.551. The van der Waals surface area contributed by atoms with Crippen LogP contribution >= 0.6 is 0 Å². The molecule has 0 radical (unpaired) electrons. The number of ether oxygens (including phenoxy) is 2. The second kappa shape index (κ2) is 10.1. The van der Waals surface area contributed by atoms with Gasteiger partial charge in [-0.1, -0.05) is 62.7 Å². The van der Waals surface area contributed by atoms with Gasteiger partial charge in [-0.15, -0.1) is 10.2 Å². The molecule has 0 fully saturated rings. The van der Waals surface area contributed by atoms with E-state index in [9.17, 15) is 4.79 Å². The molecule has 1 heterocycles. The zero-order valence-electron chi connectivity index (χ0n) is 18.5. The fraction of sp³-hybridized carbons (Fsp3) is 0.320. The molecule has 0 unspecified atom stereocenters. The largest absolute Gasteiger partial charge is 0.484 e. The second-order valence-electron chi connectivity index (χ2n) is 8.38. The zero-order chi connectivity index (χ0) is 22.3. The third-order valence-electron chi connectivity index (χ3n) is 4.75. The normalized spacial score (nSPS) is 11.1. The van der Waals surface area contributed by atoms with Crippen molar-refractivity contribution in [3.8, 4) is 22.9 Å². The highest BCUT2D eigenvalue weighted by Crippen LogP contribution is 2.24. The lowest BCUT2D eigenvalue weighted by atomic mass is 9.87. The Morgan fingerprint density at radius 2 is 1.61 bits per heavy atom. The molecular weight excluding hydrogens is 390 g/mol. The van der Waals surface area contributed by atoms with Crippen LogP contribution in [0.15, 0.2) is 60.7 Å². The lowest BCUT2D eigenvalue weighted by Gasteiger charge is -2.19. The molecule has 1 N–H and O–H groups in total. The van der Waals surface area contributed by atoms with Crippen LogP contribution in [0.4, 0.5) is 0 Å². The van der Waals surface area contributed by atoms with Crippen LogP contribution in [0, 0.1) is 6.92 Å². The summed E-state index contributed by atoms with van der Waals surface area (Å²) in [5.41, 5.74) is 4.29. The number of rotatable bonds is 8. The summed E-state index contributed by atoms with van der Waals surface area (Å²) in [6.07, 6.45) is 0. The highest BCUT2D eigenvalue weighted by molar-refractivity contribution is 5.77. The summed E-state index contributed by atoms with van der Waals surface area (Å²) in [6.45, 7) is 9.12. The van der Waals surface area contributed by atoms with Crippen molar-refractivity contribution >= 4 is 5.91 Å². The number of carbonyl (C=O) groups is 1. The number of hydrogen-bond acceptors (Lipinski definition) is 5. The smallest absolute Gasteiger partial charge is 0.258 e. The molecule has 0 spiro atoms. The van der Waals surface area contributed by atoms with E-state index in [1.165, 1.54) is 11.1 Å². The summed E-state index contributed by atoms with van der Waals surface area (Å²) in [5, 5.41) is 11.0. The average molecular weight is 420 g/mol. The number of carbonyl (C=O) groups excluding carboxylic acids is 1. The number of hydrogen-bond donors (Lipinski definition) is 1. The Bertz CT molecular complexity index is 977. The molecule has 31 heavy (non-hydrogen) atoms. The molecule has 1 aromatic heterocycles. The number of aryl methyl sites for hydroxylation is 1. The molecule has 0 bridgehead atoms. The predicted octanol–water partition coefficient (Wildman–Crippen LogP) is 4.32. The monoisotopic (exact) mass is 419 g/mol. The Labute approximate surface area is 183 Å². The second-order valence-corrected chi connectivity index (χ2v) is 8.38. The SMILES string of the molecule is Cc1ccc(-c2ccc(OCCNC(=O)COc3ccc(C(C)(C)C)cc3)nn2)cc1. The molecule has 6 nitrogen and oxygen atoms in total. The molecule has 162 valence electrons. The first-order valence-electron chi connectivity index (χ1n) is 10.3. The summed E-state index contributed by atoms with van der Waals surface area (Å²) in [4.78, 5) is 12.0. The Morgan fingerprint density at radius 1 is 0.903 bits per heavy atom. The van der Waals surface area contributed by atoms with Crippen molar-refractivity contribution in [3.05, 3.63) is 71.8 Å². The number of aromatic nitrogens is 2. The van der Waals surface area contributed by atoms with E-state index >= 15 is 0 Å². The zero-order valence-corrected chi connectivity index (χ0v) is 18.5. The van der Waals surface area contributed by atoms with Gasteiger partial charge >= 0.3 is 0 Å². The van der Waals surface area contributed by atoms with Crippen molar-refractivity contribution in [2.45, 2.75) is 33.1 Å². The molecule has 0 aliphatic rings. The molecule has 6 heteroatoms. The molecule has 2 aromatic carbocycles. The van der Waals surface area contributed by atoms with Gasteiger partial charge in [0.2, 0.25) is 5.88 Å². The fourth-order valence-corrected chi connectivity index (χ4v) is 2.87. The number of nitrogens with one attached hydrogen (secondary N) is 1. The first kappa shape index (κ1) is 22.3. The van der Waals surface area contributed by atoms with E-state index in [0.717, 1.165) is 11.3 Å². The maximum Gasteiger partial charge on any atom is 0.258 e. The lowest BCUT2D eigenvalue weighted by molar-refractivity contribution is -0.123. The third-order valence-corrected chi connectivity index (χ3v) is 4.75. The van der Waals surface area contributed by atoms with Gasteiger partial charge in [-0.25, -0.2) is 0 Å². The molecule has 3 aromatic rings. The van der Waals surface area contributed by atoms with Crippen LogP contribution in [0.3, 0.4) is 0 Å². The molecule has 0 saturated carbocycles. The van der Waals surface area contributed by atoms with Crippen LogP contribution < -0.4 is 14.8 Å². The minimum Gasteiger partial charge on any atom is -0.484 e. The summed E-state index contributed by atoms with van der Waals surface area (Å²) in [5.74, 6) is 0.882. The molecule has 0 atom stereocenters. The van der Waals surface area contributed by atoms with Crippen LogP contribution in [-0.2, 0) is 10.2 Å². The Balaban J connectivity index is 1.36. The minimum atomic E-state index is -0.204. The first-order valence-corrected chi connectivity index (χ1v) is 10.3. The lowest BCUT2D eigenvalue weighted by Crippen LogP contribution is -2.32. The number of amides is 1. The van der Waals surface area contributed by atoms with Gasteiger partial charge in [0.15, 0.2) is 6.61 Å². The van der Waals surface area contributed by atoms with Crippen molar-refractivity contribution < 1.29 is 14.3 Å². The Kier molecular flexibility index (Phi) is 7.23. The van der Waals surface area contributed by atoms with Crippen molar-refractivity contribution in [1.29, 1.82) is 0 Å². The summed E-state index contributed by atoms with van der Waals surface area (Å²) in [7, 11) is 0. The van der Waals surface area contributed by atoms with Gasteiger partial charge in [-0.3, -0.25) is 4.79 Å². The van der Waals surface area contributed by atoms with Gasteiger partial charge in [0.05, 0.1) is 12.2 Å². The minimum absolute atomic E-state index is 0.0417. The van der Waals surface area contributed by atoms with E-state index in [4.69, 9.17) is 9.47 Å². The van der Waals surface area contributed by atoms with E-state index in [1.54, 1.807) is 6.07 Å². The first-order chi connectivity index (χ1) is 14.8. The molecule has 1 amide bonds. The van der Waals surface area contributed by atoms with Crippen LogP contribution in [0.1, 0.15) is 31.9 Å². The van der Waals surface area contributed by atoms with Gasteiger partial charge in [-0.05, 0) is 36.1 Å². The molecule has 3 rings (SSSR count). The standard InChI is InChI=1S/C25H29N3O3/c1-18-5-7-19(8-6-18)22-13-14-24(28-27-22)30-16-15-26-23(29)17-31-21-11-9-20(10-12-21)25(2,3)4/h5-14H,15-17H2,1-4H3,(H,26,29). The van der Waals surface area contributed by atoms with Crippen LogP contribution in [0.5, 0.6) is 11.6 Å². The van der Waals surface area contributed by atoms with Crippen molar-refractivity contribution in [3.63, 3.8) is 0 Å². The van der Waals surface area contributed by atoms with E-state index in [-0.39, 0.29) is 17.9 Å². The number of nitrogens with zero attached hydrogens (tertiary/aromatic N) is 2. The van der Waals surface area contributed by atoms with Gasteiger partial charge in [0.25, 0.3) is 5.91 Å². The highest BCUT2D eigenvalue weighted by atomic mass is 16.5. The van der Waals surface area contributed by atoms with Crippen LogP contribution in [-0.4, -0.2) is 35.9 Å². The van der Waals surface area contributed by atoms with Gasteiger partial charge in [0.1, 0.15) is 12.4 Å². The Hall–Kier alpha value is -3.41. The molecule has 0 saturated heterocycles.